The topological polar surface area (TPSA) is 131 Å². The summed E-state index contributed by atoms with van der Waals surface area (Å²) >= 11 is 0. The highest BCUT2D eigenvalue weighted by Crippen LogP contribution is 2.41. The van der Waals surface area contributed by atoms with E-state index in [1.54, 1.807) is 27.5 Å². The molecule has 2 N–H and O–H groups in total. The third kappa shape index (κ3) is 7.17. The number of aliphatic carboxylic acids is 2. The lowest BCUT2D eigenvalue weighted by atomic mass is 9.99. The Morgan fingerprint density at radius 3 is 2.24 bits per heavy atom. The van der Waals surface area contributed by atoms with E-state index in [1.165, 1.54) is 7.11 Å². The van der Waals surface area contributed by atoms with E-state index in [9.17, 15) is 19.8 Å². The molecule has 0 spiro atoms. The van der Waals surface area contributed by atoms with Crippen LogP contribution in [0.15, 0.2) is 66.4 Å². The number of pyridine rings is 1. The number of hydrogen-bond donors (Lipinski definition) is 2. The van der Waals surface area contributed by atoms with E-state index in [2.05, 4.69) is 9.88 Å². The summed E-state index contributed by atoms with van der Waals surface area (Å²) in [6.07, 6.45) is 2.48. The van der Waals surface area contributed by atoms with Crippen LogP contribution in [0.4, 0.5) is 0 Å². The molecule has 0 radical (unpaired) electrons. The number of rotatable bonds is 12. The summed E-state index contributed by atoms with van der Waals surface area (Å²) in [4.78, 5) is 32.5. The van der Waals surface area contributed by atoms with Crippen molar-refractivity contribution < 1.29 is 38.7 Å². The molecule has 222 valence electrons. The molecule has 0 amide bonds. The van der Waals surface area contributed by atoms with Gasteiger partial charge in [-0.15, -0.1) is 0 Å². The fraction of sp³-hybridized carbons (Fsp3) is 0.323. The van der Waals surface area contributed by atoms with Crippen LogP contribution in [0.3, 0.4) is 0 Å². The second-order valence-electron chi connectivity index (χ2n) is 9.78. The lowest BCUT2D eigenvalue weighted by molar-refractivity contribution is -0.136. The normalized spacial score (nSPS) is 16.1. The molecule has 1 aliphatic rings. The molecular formula is C31H35N3O8. The van der Waals surface area contributed by atoms with Crippen LogP contribution in [-0.2, 0) is 22.7 Å². The maximum atomic E-state index is 12.3. The van der Waals surface area contributed by atoms with Gasteiger partial charge in [-0.3, -0.25) is 14.8 Å². The highest BCUT2D eigenvalue weighted by Gasteiger charge is 2.33. The number of methoxy groups -OCH3 is 4. The quantitative estimate of drug-likeness (QED) is 0.306. The van der Waals surface area contributed by atoms with Crippen LogP contribution in [0.1, 0.15) is 11.1 Å². The van der Waals surface area contributed by atoms with E-state index in [1.807, 2.05) is 53.4 Å². The average Bonchev–Trinajstić information content (AvgIpc) is 2.99. The molecule has 0 aliphatic carbocycles. The zero-order valence-corrected chi connectivity index (χ0v) is 24.1. The molecule has 1 unspecified atom stereocenters. The van der Waals surface area contributed by atoms with Gasteiger partial charge < -0.3 is 29.2 Å². The van der Waals surface area contributed by atoms with Gasteiger partial charge in [0.1, 0.15) is 5.75 Å². The first-order chi connectivity index (χ1) is 20.3. The molecule has 11 heteroatoms. The minimum absolute atomic E-state index is 0.170. The maximum absolute atomic E-state index is 12.3. The second kappa shape index (κ2) is 13.8. The van der Waals surface area contributed by atoms with Gasteiger partial charge in [-0.25, -0.2) is 9.59 Å². The van der Waals surface area contributed by atoms with Gasteiger partial charge in [0.15, 0.2) is 11.5 Å². The summed E-state index contributed by atoms with van der Waals surface area (Å²) in [7, 11) is 6.24. The minimum Gasteiger partial charge on any atom is -0.497 e. The van der Waals surface area contributed by atoms with E-state index in [4.69, 9.17) is 18.9 Å². The molecular weight excluding hydrogens is 542 g/mol. The Kier molecular flexibility index (Phi) is 10.00. The number of carbonyl (C=O) groups is 2. The Balaban J connectivity index is 1.62. The van der Waals surface area contributed by atoms with Crippen LogP contribution in [0, 0.1) is 0 Å². The van der Waals surface area contributed by atoms with E-state index in [0.29, 0.717) is 55.7 Å². The van der Waals surface area contributed by atoms with Gasteiger partial charge in [0, 0.05) is 50.6 Å². The highest BCUT2D eigenvalue weighted by molar-refractivity contribution is 5.95. The van der Waals surface area contributed by atoms with Crippen LogP contribution in [0.25, 0.3) is 11.3 Å². The number of ether oxygens (including phenoxy) is 4. The zero-order valence-electron chi connectivity index (χ0n) is 24.1. The first kappa shape index (κ1) is 30.4. The van der Waals surface area contributed by atoms with Crippen molar-refractivity contribution in [3.63, 3.8) is 0 Å². The van der Waals surface area contributed by atoms with Crippen LogP contribution in [0.5, 0.6) is 23.0 Å². The summed E-state index contributed by atoms with van der Waals surface area (Å²) in [5.41, 5.74) is 3.16. The number of nitrogens with zero attached hydrogens (tertiary/aromatic N) is 3. The van der Waals surface area contributed by atoms with E-state index >= 15 is 0 Å². The molecule has 2 aromatic carbocycles. The molecule has 1 fully saturated rings. The molecule has 1 aliphatic heterocycles. The van der Waals surface area contributed by atoms with Crippen LogP contribution in [-0.4, -0.2) is 91.1 Å². The fourth-order valence-corrected chi connectivity index (χ4v) is 5.16. The van der Waals surface area contributed by atoms with Crippen molar-refractivity contribution >= 4 is 11.9 Å². The Labute approximate surface area is 244 Å². The molecule has 4 rings (SSSR count). The van der Waals surface area contributed by atoms with Gasteiger partial charge in [-0.05, 0) is 47.5 Å². The van der Waals surface area contributed by atoms with E-state index in [-0.39, 0.29) is 5.57 Å². The predicted octanol–water partition coefficient (Wildman–Crippen LogP) is 3.57. The number of hydrogen-bond acceptors (Lipinski definition) is 9. The maximum Gasteiger partial charge on any atom is 0.333 e. The molecule has 0 saturated carbocycles. The van der Waals surface area contributed by atoms with Crippen molar-refractivity contribution in [1.29, 1.82) is 0 Å². The van der Waals surface area contributed by atoms with E-state index < -0.39 is 18.0 Å². The SMILES string of the molecule is COc1cccc(CN2CCN(Cc3ccnc(-c4cc(OC)c(OC)c(OC)c4)c3)C(/C(=C/C(=O)O)C(=O)O)C2)c1. The first-order valence-electron chi connectivity index (χ1n) is 13.3. The molecule has 42 heavy (non-hydrogen) atoms. The molecule has 3 aromatic rings. The zero-order chi connectivity index (χ0) is 30.2. The van der Waals surface area contributed by atoms with Gasteiger partial charge in [0.25, 0.3) is 0 Å². The minimum atomic E-state index is -1.30. The van der Waals surface area contributed by atoms with Crippen molar-refractivity contribution in [3.05, 3.63) is 77.5 Å². The van der Waals surface area contributed by atoms with Crippen molar-refractivity contribution in [2.24, 2.45) is 0 Å². The number of benzene rings is 2. The first-order valence-corrected chi connectivity index (χ1v) is 13.3. The monoisotopic (exact) mass is 577 g/mol. The molecule has 11 nitrogen and oxygen atoms in total. The number of piperazine rings is 1. The van der Waals surface area contributed by atoms with Gasteiger partial charge in [-0.2, -0.15) is 0 Å². The summed E-state index contributed by atoms with van der Waals surface area (Å²) in [5, 5.41) is 19.5. The number of aromatic nitrogens is 1. The van der Waals surface area contributed by atoms with Gasteiger partial charge in [0.2, 0.25) is 5.75 Å². The highest BCUT2D eigenvalue weighted by atomic mass is 16.5. The molecule has 1 saturated heterocycles. The lowest BCUT2D eigenvalue weighted by Gasteiger charge is -2.41. The van der Waals surface area contributed by atoms with E-state index in [0.717, 1.165) is 28.5 Å². The Morgan fingerprint density at radius 1 is 0.905 bits per heavy atom. The summed E-state index contributed by atoms with van der Waals surface area (Å²) < 4.78 is 21.7. The Bertz CT molecular complexity index is 1430. The standard InChI is InChI=1S/C31H35N3O8/c1-39-23-7-5-6-20(12-23)17-33-10-11-34(26(19-33)24(31(37)38)16-29(35)36)18-21-8-9-32-25(13-21)22-14-27(40-2)30(42-4)28(15-22)41-3/h5-9,12-16,26H,10-11,17-19H2,1-4H3,(H,35,36)(H,37,38)/b24-16-. The summed E-state index contributed by atoms with van der Waals surface area (Å²) in [6, 6.07) is 14.4. The van der Waals surface area contributed by atoms with Crippen molar-refractivity contribution in [1.82, 2.24) is 14.8 Å². The second-order valence-corrected chi connectivity index (χ2v) is 9.78. The fourth-order valence-electron chi connectivity index (χ4n) is 5.16. The van der Waals surface area contributed by atoms with Crippen molar-refractivity contribution in [2.45, 2.75) is 19.1 Å². The predicted molar refractivity (Wildman–Crippen MR) is 155 cm³/mol. The average molecular weight is 578 g/mol. The Hall–Kier alpha value is -4.61. The number of carboxylic acids is 2. The molecule has 1 atom stereocenters. The molecule has 1 aromatic heterocycles. The third-order valence-electron chi connectivity index (χ3n) is 7.17. The van der Waals surface area contributed by atoms with Crippen molar-refractivity contribution in [3.8, 4) is 34.3 Å². The van der Waals surface area contributed by atoms with Gasteiger partial charge >= 0.3 is 11.9 Å². The Morgan fingerprint density at radius 2 is 1.62 bits per heavy atom. The summed E-state index contributed by atoms with van der Waals surface area (Å²) in [5.74, 6) is -0.358. The smallest absolute Gasteiger partial charge is 0.333 e. The van der Waals surface area contributed by atoms with Crippen LogP contribution >= 0.6 is 0 Å². The number of carboxylic acid groups (broad SMARTS) is 2. The van der Waals surface area contributed by atoms with Crippen molar-refractivity contribution in [2.75, 3.05) is 48.1 Å². The summed E-state index contributed by atoms with van der Waals surface area (Å²) in [6.45, 7) is 2.50. The largest absolute Gasteiger partial charge is 0.497 e. The van der Waals surface area contributed by atoms with Gasteiger partial charge in [0.05, 0.1) is 45.7 Å². The van der Waals surface area contributed by atoms with Crippen LogP contribution < -0.4 is 18.9 Å². The third-order valence-corrected chi connectivity index (χ3v) is 7.17. The van der Waals surface area contributed by atoms with Gasteiger partial charge in [-0.1, -0.05) is 12.1 Å². The lowest BCUT2D eigenvalue weighted by Crippen LogP contribution is -2.54. The van der Waals surface area contributed by atoms with Crippen LogP contribution in [0.2, 0.25) is 0 Å². The molecule has 2 heterocycles. The molecule has 0 bridgehead atoms.